The van der Waals surface area contributed by atoms with Crippen LogP contribution in [0.15, 0.2) is 53.0 Å². The highest BCUT2D eigenvalue weighted by Crippen LogP contribution is 2.15. The van der Waals surface area contributed by atoms with Crippen LogP contribution in [0.4, 0.5) is 0 Å². The molecule has 2 aromatic rings. The molecule has 0 N–H and O–H groups in total. The number of halogens is 1. The maximum absolute atomic E-state index is 12.4. The smallest absolute Gasteiger partial charge is 0.263 e. The number of likely N-dealkylation sites (N-methyl/N-ethyl adjacent to an activating group) is 1. The van der Waals surface area contributed by atoms with Crippen LogP contribution >= 0.6 is 15.9 Å². The molecule has 0 fully saturated rings. The van der Waals surface area contributed by atoms with Gasteiger partial charge in [0.2, 0.25) is 0 Å². The van der Waals surface area contributed by atoms with Gasteiger partial charge in [-0.15, -0.1) is 0 Å². The largest absolute Gasteiger partial charge is 0.481 e. The van der Waals surface area contributed by atoms with Crippen molar-refractivity contribution in [3.05, 3.63) is 64.1 Å². The minimum Gasteiger partial charge on any atom is -0.481 e. The Balaban J connectivity index is 1.94. The van der Waals surface area contributed by atoms with Crippen molar-refractivity contribution in [1.29, 1.82) is 0 Å². The van der Waals surface area contributed by atoms with Gasteiger partial charge < -0.3 is 9.64 Å². The number of hydrogen-bond donors (Lipinski definition) is 0. The Bertz CT molecular complexity index is 567. The van der Waals surface area contributed by atoms with E-state index in [-0.39, 0.29) is 5.91 Å². The number of benzene rings is 2. The van der Waals surface area contributed by atoms with Crippen molar-refractivity contribution in [1.82, 2.24) is 4.90 Å². The van der Waals surface area contributed by atoms with Gasteiger partial charge in [0.25, 0.3) is 5.91 Å². The molecule has 2 rings (SSSR count). The zero-order chi connectivity index (χ0) is 16.1. The molecule has 2 aromatic carbocycles. The summed E-state index contributed by atoms with van der Waals surface area (Å²) in [6.07, 6.45) is -0.511. The molecule has 0 aliphatic heterocycles. The molecule has 0 saturated carbocycles. The van der Waals surface area contributed by atoms with E-state index in [1.165, 1.54) is 5.56 Å². The monoisotopic (exact) mass is 361 g/mol. The first-order valence-electron chi connectivity index (χ1n) is 7.18. The van der Waals surface area contributed by atoms with Gasteiger partial charge in [0, 0.05) is 18.1 Å². The standard InChI is InChI=1S/C18H20BrNO2/c1-13-4-10-17(11-5-13)22-14(2)18(21)20(3)12-15-6-8-16(19)9-7-15/h4-11,14H,12H2,1-3H3. The van der Waals surface area contributed by atoms with Gasteiger partial charge in [-0.05, 0) is 43.7 Å². The molecule has 0 aliphatic rings. The van der Waals surface area contributed by atoms with Crippen LogP contribution in [0.2, 0.25) is 0 Å². The van der Waals surface area contributed by atoms with E-state index in [0.29, 0.717) is 12.3 Å². The summed E-state index contributed by atoms with van der Waals surface area (Å²) in [5.74, 6) is 0.673. The third-order valence-corrected chi connectivity index (χ3v) is 3.92. The summed E-state index contributed by atoms with van der Waals surface area (Å²) in [5.41, 5.74) is 2.25. The summed E-state index contributed by atoms with van der Waals surface area (Å²) >= 11 is 3.41. The highest BCUT2D eigenvalue weighted by atomic mass is 79.9. The molecule has 3 nitrogen and oxygen atoms in total. The quantitative estimate of drug-likeness (QED) is 0.799. The first-order chi connectivity index (χ1) is 10.5. The van der Waals surface area contributed by atoms with E-state index in [1.54, 1.807) is 18.9 Å². The Labute approximate surface area is 140 Å². The van der Waals surface area contributed by atoms with Gasteiger partial charge >= 0.3 is 0 Å². The lowest BCUT2D eigenvalue weighted by Crippen LogP contribution is -2.37. The van der Waals surface area contributed by atoms with E-state index in [1.807, 2.05) is 55.5 Å². The molecule has 116 valence electrons. The topological polar surface area (TPSA) is 29.5 Å². The van der Waals surface area contributed by atoms with Gasteiger partial charge in [-0.3, -0.25) is 4.79 Å². The number of carbonyl (C=O) groups excluding carboxylic acids is 1. The van der Waals surface area contributed by atoms with Crippen molar-refractivity contribution in [2.75, 3.05) is 7.05 Å². The average molecular weight is 362 g/mol. The summed E-state index contributed by atoms with van der Waals surface area (Å²) in [7, 11) is 1.79. The summed E-state index contributed by atoms with van der Waals surface area (Å²) in [6.45, 7) is 4.36. The molecule has 1 unspecified atom stereocenters. The molecular weight excluding hydrogens is 342 g/mol. The van der Waals surface area contributed by atoms with E-state index >= 15 is 0 Å². The van der Waals surface area contributed by atoms with Crippen LogP contribution in [0.3, 0.4) is 0 Å². The second kappa shape index (κ2) is 7.45. The van der Waals surface area contributed by atoms with E-state index < -0.39 is 6.10 Å². The SMILES string of the molecule is Cc1ccc(OC(C)C(=O)N(C)Cc2ccc(Br)cc2)cc1. The fraction of sp³-hybridized carbons (Fsp3) is 0.278. The minimum atomic E-state index is -0.511. The Hall–Kier alpha value is -1.81. The van der Waals surface area contributed by atoms with Crippen LogP contribution in [0.1, 0.15) is 18.1 Å². The third kappa shape index (κ3) is 4.60. The summed E-state index contributed by atoms with van der Waals surface area (Å²) < 4.78 is 6.74. The molecular formula is C18H20BrNO2. The lowest BCUT2D eigenvalue weighted by molar-refractivity contribution is -0.137. The second-order valence-electron chi connectivity index (χ2n) is 5.39. The van der Waals surface area contributed by atoms with E-state index in [0.717, 1.165) is 10.0 Å². The number of amides is 1. The van der Waals surface area contributed by atoms with Gasteiger partial charge in [-0.2, -0.15) is 0 Å². The fourth-order valence-electron chi connectivity index (χ4n) is 2.12. The van der Waals surface area contributed by atoms with E-state index in [2.05, 4.69) is 15.9 Å². The molecule has 1 amide bonds. The Morgan fingerprint density at radius 1 is 1.14 bits per heavy atom. The zero-order valence-electron chi connectivity index (χ0n) is 13.0. The first kappa shape index (κ1) is 16.6. The van der Waals surface area contributed by atoms with Gasteiger partial charge in [0.1, 0.15) is 5.75 Å². The van der Waals surface area contributed by atoms with Crippen LogP contribution in [-0.2, 0) is 11.3 Å². The number of carbonyl (C=O) groups is 1. The van der Waals surface area contributed by atoms with Crippen molar-refractivity contribution in [3.8, 4) is 5.75 Å². The van der Waals surface area contributed by atoms with Crippen LogP contribution in [0.25, 0.3) is 0 Å². The summed E-state index contributed by atoms with van der Waals surface area (Å²) in [4.78, 5) is 14.1. The van der Waals surface area contributed by atoms with Gasteiger partial charge in [0.05, 0.1) is 0 Å². The van der Waals surface area contributed by atoms with Crippen LogP contribution in [-0.4, -0.2) is 24.0 Å². The predicted octanol–water partition coefficient (Wildman–Crippen LogP) is 4.18. The van der Waals surface area contributed by atoms with Crippen LogP contribution in [0, 0.1) is 6.92 Å². The highest BCUT2D eigenvalue weighted by Gasteiger charge is 2.19. The zero-order valence-corrected chi connectivity index (χ0v) is 14.6. The van der Waals surface area contributed by atoms with Gasteiger partial charge in [-0.25, -0.2) is 0 Å². The predicted molar refractivity (Wildman–Crippen MR) is 91.9 cm³/mol. The van der Waals surface area contributed by atoms with Crippen molar-refractivity contribution in [2.24, 2.45) is 0 Å². The van der Waals surface area contributed by atoms with Crippen molar-refractivity contribution >= 4 is 21.8 Å². The third-order valence-electron chi connectivity index (χ3n) is 3.39. The highest BCUT2D eigenvalue weighted by molar-refractivity contribution is 9.10. The normalized spacial score (nSPS) is 11.8. The van der Waals surface area contributed by atoms with Crippen molar-refractivity contribution in [3.63, 3.8) is 0 Å². The van der Waals surface area contributed by atoms with Crippen LogP contribution in [0.5, 0.6) is 5.75 Å². The molecule has 0 radical (unpaired) electrons. The molecule has 0 aliphatic carbocycles. The molecule has 0 aromatic heterocycles. The maximum atomic E-state index is 12.4. The molecule has 4 heteroatoms. The fourth-order valence-corrected chi connectivity index (χ4v) is 2.39. The molecule has 0 saturated heterocycles. The van der Waals surface area contributed by atoms with Crippen molar-refractivity contribution < 1.29 is 9.53 Å². The lowest BCUT2D eigenvalue weighted by atomic mass is 10.2. The van der Waals surface area contributed by atoms with E-state index in [9.17, 15) is 4.79 Å². The number of nitrogens with zero attached hydrogens (tertiary/aromatic N) is 1. The first-order valence-corrected chi connectivity index (χ1v) is 7.98. The number of rotatable bonds is 5. The maximum Gasteiger partial charge on any atom is 0.263 e. The summed E-state index contributed by atoms with van der Waals surface area (Å²) in [5, 5.41) is 0. The van der Waals surface area contributed by atoms with Gasteiger partial charge in [0.15, 0.2) is 6.10 Å². The minimum absolute atomic E-state index is 0.0384. The average Bonchev–Trinajstić information content (AvgIpc) is 2.51. The molecule has 1 atom stereocenters. The molecule has 0 heterocycles. The Morgan fingerprint density at radius 3 is 2.32 bits per heavy atom. The Morgan fingerprint density at radius 2 is 1.73 bits per heavy atom. The lowest BCUT2D eigenvalue weighted by Gasteiger charge is -2.22. The van der Waals surface area contributed by atoms with E-state index in [4.69, 9.17) is 4.74 Å². The van der Waals surface area contributed by atoms with Crippen LogP contribution < -0.4 is 4.74 Å². The van der Waals surface area contributed by atoms with Crippen molar-refractivity contribution in [2.45, 2.75) is 26.5 Å². The van der Waals surface area contributed by atoms with Gasteiger partial charge in [-0.1, -0.05) is 45.8 Å². The summed E-state index contributed by atoms with van der Waals surface area (Å²) in [6, 6.07) is 15.6. The molecule has 22 heavy (non-hydrogen) atoms. The number of aryl methyl sites for hydroxylation is 1. The number of hydrogen-bond acceptors (Lipinski definition) is 2. The molecule has 0 spiro atoms. The number of ether oxygens (including phenoxy) is 1. The molecule has 0 bridgehead atoms. The second-order valence-corrected chi connectivity index (χ2v) is 6.31. The Kier molecular flexibility index (Phi) is 5.61.